The Morgan fingerprint density at radius 2 is 1.28 bits per heavy atom. The van der Waals surface area contributed by atoms with Gasteiger partial charge in [-0.2, -0.15) is 0 Å². The van der Waals surface area contributed by atoms with E-state index in [1.54, 1.807) is 0 Å². The molecule has 0 heterocycles. The van der Waals surface area contributed by atoms with Crippen LogP contribution in [-0.2, 0) is 27.9 Å². The Labute approximate surface area is 261 Å². The highest BCUT2D eigenvalue weighted by atomic mass is 31.2. The third-order valence-electron chi connectivity index (χ3n) is 6.88. The number of amides is 1. The van der Waals surface area contributed by atoms with Crippen molar-refractivity contribution in [2.24, 2.45) is 0 Å². The normalized spacial score (nSPS) is 13.9. The fourth-order valence-corrected chi connectivity index (χ4v) is 5.03. The summed E-state index contributed by atoms with van der Waals surface area (Å²) in [5.41, 5.74) is 0. The van der Waals surface area contributed by atoms with Crippen LogP contribution in [0.2, 0.25) is 0 Å². The van der Waals surface area contributed by atoms with Crippen molar-refractivity contribution in [3.8, 4) is 0 Å². The minimum absolute atomic E-state index is 0.0814. The Kier molecular flexibility index (Phi) is 29.4. The van der Waals surface area contributed by atoms with E-state index in [9.17, 15) is 24.2 Å². The number of carbonyl (C=O) groups is 2. The lowest BCUT2D eigenvalue weighted by molar-refractivity contribution is -0.147. The number of unbranched alkanes of at least 4 members (excludes halogenated alkanes) is 14. The molecule has 0 aromatic heterocycles. The molecule has 2 unspecified atom stereocenters. The number of esters is 1. The van der Waals surface area contributed by atoms with Gasteiger partial charge in [0, 0.05) is 19.4 Å². The lowest BCUT2D eigenvalue weighted by Crippen LogP contribution is -2.27. The predicted octanol–water partition coefficient (Wildman–Crippen LogP) is 8.09. The summed E-state index contributed by atoms with van der Waals surface area (Å²) >= 11 is 0. The highest BCUT2D eigenvalue weighted by Crippen LogP contribution is 2.42. The zero-order chi connectivity index (χ0) is 31.9. The van der Waals surface area contributed by atoms with Gasteiger partial charge in [-0.25, -0.2) is 4.57 Å². The van der Waals surface area contributed by atoms with Crippen molar-refractivity contribution in [3.05, 3.63) is 24.3 Å². The first-order valence-corrected chi connectivity index (χ1v) is 18.3. The Morgan fingerprint density at radius 1 is 0.721 bits per heavy atom. The first-order valence-electron chi connectivity index (χ1n) is 16.8. The molecule has 252 valence electrons. The molecular weight excluding hydrogens is 569 g/mol. The maximum atomic E-state index is 12.0. The number of allylic oxidation sites excluding steroid dienone is 4. The fraction of sp³-hybridized carbons (Fsp3) is 0.818. The van der Waals surface area contributed by atoms with Gasteiger partial charge in [0.2, 0.25) is 5.91 Å². The molecule has 10 heteroatoms. The van der Waals surface area contributed by atoms with Crippen LogP contribution in [0.5, 0.6) is 0 Å². The van der Waals surface area contributed by atoms with E-state index in [0.717, 1.165) is 64.2 Å². The second kappa shape index (κ2) is 30.5. The number of hydrogen-bond donors (Lipinski definition) is 3. The SMILES string of the molecule is CCCC/C=C\C/C=C\CCCCCCCC(=O)OCC(O)COP(=O)(O)OCCNC(=O)CCCCCCCCCC. The molecule has 0 radical (unpaired) electrons. The molecule has 0 rings (SSSR count). The van der Waals surface area contributed by atoms with Crippen LogP contribution >= 0.6 is 7.82 Å². The number of phosphoric acid groups is 1. The fourth-order valence-electron chi connectivity index (χ4n) is 4.28. The van der Waals surface area contributed by atoms with Crippen LogP contribution in [0.1, 0.15) is 142 Å². The summed E-state index contributed by atoms with van der Waals surface area (Å²) in [7, 11) is -4.40. The van der Waals surface area contributed by atoms with E-state index in [0.29, 0.717) is 6.42 Å². The van der Waals surface area contributed by atoms with Gasteiger partial charge < -0.3 is 20.1 Å². The molecule has 43 heavy (non-hydrogen) atoms. The summed E-state index contributed by atoms with van der Waals surface area (Å²) in [6.45, 7) is 3.44. The maximum absolute atomic E-state index is 12.0. The molecule has 1 amide bonds. The molecule has 9 nitrogen and oxygen atoms in total. The average Bonchev–Trinajstić information content (AvgIpc) is 2.98. The first-order chi connectivity index (χ1) is 20.8. The van der Waals surface area contributed by atoms with Crippen LogP contribution in [0.4, 0.5) is 0 Å². The van der Waals surface area contributed by atoms with Crippen molar-refractivity contribution >= 4 is 19.7 Å². The molecule has 0 saturated carbocycles. The van der Waals surface area contributed by atoms with Crippen LogP contribution in [0.3, 0.4) is 0 Å². The second-order valence-corrected chi connectivity index (χ2v) is 12.6. The van der Waals surface area contributed by atoms with Crippen LogP contribution in [-0.4, -0.2) is 54.3 Å². The Morgan fingerprint density at radius 3 is 1.93 bits per heavy atom. The number of phosphoric ester groups is 1. The number of nitrogens with one attached hydrogen (secondary N) is 1. The monoisotopic (exact) mass is 631 g/mol. The van der Waals surface area contributed by atoms with Crippen LogP contribution in [0, 0.1) is 0 Å². The lowest BCUT2D eigenvalue weighted by atomic mass is 10.1. The minimum atomic E-state index is -4.40. The molecule has 0 spiro atoms. The third kappa shape index (κ3) is 31.7. The molecule has 0 bridgehead atoms. The third-order valence-corrected chi connectivity index (χ3v) is 7.87. The van der Waals surface area contributed by atoms with Crippen molar-refractivity contribution in [1.82, 2.24) is 5.32 Å². The molecule has 0 aromatic carbocycles. The Balaban J connectivity index is 3.68. The molecule has 0 saturated heterocycles. The van der Waals surface area contributed by atoms with Gasteiger partial charge in [0.05, 0.1) is 13.2 Å². The first kappa shape index (κ1) is 41.5. The highest BCUT2D eigenvalue weighted by Gasteiger charge is 2.23. The molecule has 0 aliphatic rings. The van der Waals surface area contributed by atoms with Gasteiger partial charge in [0.15, 0.2) is 0 Å². The van der Waals surface area contributed by atoms with Gasteiger partial charge in [0.25, 0.3) is 0 Å². The summed E-state index contributed by atoms with van der Waals surface area (Å²) in [6.07, 6.45) is 28.3. The smallest absolute Gasteiger partial charge is 0.463 e. The summed E-state index contributed by atoms with van der Waals surface area (Å²) in [5.74, 6) is -0.537. The average molecular weight is 632 g/mol. The highest BCUT2D eigenvalue weighted by molar-refractivity contribution is 7.47. The summed E-state index contributed by atoms with van der Waals surface area (Å²) in [4.78, 5) is 33.5. The number of aliphatic hydroxyl groups is 1. The molecule has 0 aliphatic carbocycles. The van der Waals surface area contributed by atoms with Crippen molar-refractivity contribution in [3.63, 3.8) is 0 Å². The van der Waals surface area contributed by atoms with E-state index in [1.165, 1.54) is 51.4 Å². The zero-order valence-electron chi connectivity index (χ0n) is 27.1. The van der Waals surface area contributed by atoms with Crippen molar-refractivity contribution < 1.29 is 37.9 Å². The quantitative estimate of drug-likeness (QED) is 0.0303. The summed E-state index contributed by atoms with van der Waals surface area (Å²) in [5, 5.41) is 12.6. The van der Waals surface area contributed by atoms with Gasteiger partial charge in [-0.1, -0.05) is 115 Å². The van der Waals surface area contributed by atoms with E-state index in [2.05, 4.69) is 43.5 Å². The van der Waals surface area contributed by atoms with Crippen LogP contribution < -0.4 is 5.32 Å². The van der Waals surface area contributed by atoms with E-state index < -0.39 is 26.5 Å². The number of rotatable bonds is 31. The Hall–Kier alpha value is -1.51. The van der Waals surface area contributed by atoms with Gasteiger partial charge >= 0.3 is 13.8 Å². The molecule has 2 atom stereocenters. The number of hydrogen-bond acceptors (Lipinski definition) is 7. The lowest BCUT2D eigenvalue weighted by Gasteiger charge is -2.15. The van der Waals surface area contributed by atoms with Gasteiger partial charge in [-0.3, -0.25) is 18.6 Å². The number of carbonyl (C=O) groups excluding carboxylic acids is 2. The second-order valence-electron chi connectivity index (χ2n) is 11.1. The van der Waals surface area contributed by atoms with Gasteiger partial charge in [-0.05, 0) is 38.5 Å². The van der Waals surface area contributed by atoms with E-state index in [-0.39, 0.29) is 32.1 Å². The van der Waals surface area contributed by atoms with E-state index in [4.69, 9.17) is 13.8 Å². The van der Waals surface area contributed by atoms with Crippen molar-refractivity contribution in [1.29, 1.82) is 0 Å². The molecule has 0 aliphatic heterocycles. The number of aliphatic hydroxyl groups excluding tert-OH is 1. The molecular formula is C33H62NO8P. The van der Waals surface area contributed by atoms with Crippen LogP contribution in [0.15, 0.2) is 24.3 Å². The van der Waals surface area contributed by atoms with Crippen molar-refractivity contribution in [2.75, 3.05) is 26.4 Å². The zero-order valence-corrected chi connectivity index (χ0v) is 28.0. The molecule has 0 fully saturated rings. The predicted molar refractivity (Wildman–Crippen MR) is 174 cm³/mol. The number of ether oxygens (including phenoxy) is 1. The minimum Gasteiger partial charge on any atom is -0.463 e. The standard InChI is InChI=1S/C33H62NO8P/c1-3-5-7-9-11-13-14-15-16-17-18-20-22-24-26-33(37)40-29-31(35)30-42-43(38,39)41-28-27-34-32(36)25-23-21-19-12-10-8-6-4-2/h9,11,14-15,31,35H,3-8,10,12-13,16-30H2,1-2H3,(H,34,36)(H,38,39)/b11-9-,15-14-. The maximum Gasteiger partial charge on any atom is 0.472 e. The summed E-state index contributed by atoms with van der Waals surface area (Å²) in [6, 6.07) is 0. The summed E-state index contributed by atoms with van der Waals surface area (Å²) < 4.78 is 26.6. The molecule has 3 N–H and O–H groups in total. The molecule has 0 aromatic rings. The van der Waals surface area contributed by atoms with Gasteiger partial charge in [0.1, 0.15) is 12.7 Å². The Bertz CT molecular complexity index is 774. The van der Waals surface area contributed by atoms with Gasteiger partial charge in [-0.15, -0.1) is 0 Å². The van der Waals surface area contributed by atoms with Crippen LogP contribution in [0.25, 0.3) is 0 Å². The van der Waals surface area contributed by atoms with E-state index in [1.807, 2.05) is 0 Å². The largest absolute Gasteiger partial charge is 0.472 e. The van der Waals surface area contributed by atoms with Crippen molar-refractivity contribution in [2.45, 2.75) is 148 Å². The topological polar surface area (TPSA) is 131 Å². The van der Waals surface area contributed by atoms with E-state index >= 15 is 0 Å².